The average Bonchev–Trinajstić information content (AvgIpc) is 3.19. The van der Waals surface area contributed by atoms with Gasteiger partial charge in [0, 0.05) is 12.2 Å². The van der Waals surface area contributed by atoms with Crippen LogP contribution in [0, 0.1) is 0 Å². The van der Waals surface area contributed by atoms with Gasteiger partial charge in [-0.3, -0.25) is 4.79 Å². The van der Waals surface area contributed by atoms with Crippen LogP contribution in [0.15, 0.2) is 47.6 Å². The number of hydrogen-bond donors (Lipinski definition) is 1. The van der Waals surface area contributed by atoms with Crippen LogP contribution in [0.4, 0.5) is 5.69 Å². The lowest BCUT2D eigenvalue weighted by Crippen LogP contribution is -2.17. The summed E-state index contributed by atoms with van der Waals surface area (Å²) in [5, 5.41) is 12.8. The molecule has 0 saturated carbocycles. The van der Waals surface area contributed by atoms with Crippen LogP contribution in [0.25, 0.3) is 0 Å². The van der Waals surface area contributed by atoms with Gasteiger partial charge in [-0.2, -0.15) is 0 Å². The predicted octanol–water partition coefficient (Wildman–Crippen LogP) is 5.39. The van der Waals surface area contributed by atoms with Gasteiger partial charge in [0.05, 0.1) is 10.8 Å². The topological polar surface area (TPSA) is 69.0 Å². The Morgan fingerprint density at radius 2 is 1.77 bits per heavy atom. The Kier molecular flexibility index (Phi) is 8.37. The summed E-state index contributed by atoms with van der Waals surface area (Å²) in [6.45, 7) is 7.12. The number of nitrogens with zero attached hydrogens (tertiary/aromatic N) is 3. The number of rotatable bonds is 10. The zero-order valence-electron chi connectivity index (χ0n) is 18.0. The lowest BCUT2D eigenvalue weighted by molar-refractivity contribution is -0.113. The van der Waals surface area contributed by atoms with Gasteiger partial charge in [0.15, 0.2) is 11.0 Å². The number of thioether (sulfide) groups is 1. The number of hydrogen-bond acceptors (Lipinski definition) is 5. The number of carbonyl (C=O) groups is 1. The van der Waals surface area contributed by atoms with Crippen molar-refractivity contribution in [1.29, 1.82) is 0 Å². The quantitative estimate of drug-likeness (QED) is 0.413. The molecule has 0 unspecified atom stereocenters. The molecule has 0 fully saturated rings. The third-order valence-corrected chi connectivity index (χ3v) is 6.18. The molecule has 0 saturated heterocycles. The van der Waals surface area contributed by atoms with Gasteiger partial charge >= 0.3 is 0 Å². The van der Waals surface area contributed by atoms with E-state index in [0.29, 0.717) is 28.3 Å². The first kappa shape index (κ1) is 23.2. The Morgan fingerprint density at radius 3 is 2.42 bits per heavy atom. The summed E-state index contributed by atoms with van der Waals surface area (Å²) < 4.78 is 7.74. The molecule has 0 bridgehead atoms. The first-order chi connectivity index (χ1) is 15.1. The summed E-state index contributed by atoms with van der Waals surface area (Å²) in [7, 11) is 0. The first-order valence-corrected chi connectivity index (χ1v) is 11.8. The highest BCUT2D eigenvalue weighted by Gasteiger charge is 2.15. The van der Waals surface area contributed by atoms with Crippen LogP contribution >= 0.6 is 23.4 Å². The Hall–Kier alpha value is -2.51. The zero-order chi connectivity index (χ0) is 22.2. The Balaban J connectivity index is 1.63. The summed E-state index contributed by atoms with van der Waals surface area (Å²) in [5.41, 5.74) is 3.23. The number of ether oxygens (including phenoxy) is 1. The van der Waals surface area contributed by atoms with Gasteiger partial charge in [-0.25, -0.2) is 0 Å². The molecule has 0 spiro atoms. The van der Waals surface area contributed by atoms with Crippen molar-refractivity contribution >= 4 is 35.0 Å². The van der Waals surface area contributed by atoms with Gasteiger partial charge in [0.1, 0.15) is 12.4 Å². The van der Waals surface area contributed by atoms with Gasteiger partial charge in [-0.05, 0) is 43.0 Å². The molecule has 164 valence electrons. The molecule has 6 nitrogen and oxygen atoms in total. The Morgan fingerprint density at radius 1 is 1.06 bits per heavy atom. The molecule has 0 atom stereocenters. The zero-order valence-corrected chi connectivity index (χ0v) is 19.6. The minimum absolute atomic E-state index is 0.0554. The number of halogens is 1. The smallest absolute Gasteiger partial charge is 0.234 e. The number of aryl methyl sites for hydroxylation is 2. The van der Waals surface area contributed by atoms with Crippen molar-refractivity contribution in [2.24, 2.45) is 0 Å². The number of amides is 1. The lowest BCUT2D eigenvalue weighted by atomic mass is 10.0. The monoisotopic (exact) mass is 458 g/mol. The van der Waals surface area contributed by atoms with E-state index in [9.17, 15) is 4.79 Å². The second-order valence-corrected chi connectivity index (χ2v) is 8.21. The lowest BCUT2D eigenvalue weighted by Gasteiger charge is -2.14. The van der Waals surface area contributed by atoms with E-state index < -0.39 is 0 Å². The molecule has 1 heterocycles. The van der Waals surface area contributed by atoms with Gasteiger partial charge in [-0.15, -0.1) is 10.2 Å². The number of para-hydroxylation sites is 2. The summed E-state index contributed by atoms with van der Waals surface area (Å²) in [6, 6.07) is 13.5. The largest absolute Gasteiger partial charge is 0.484 e. The van der Waals surface area contributed by atoms with Crippen molar-refractivity contribution in [3.8, 4) is 5.75 Å². The van der Waals surface area contributed by atoms with Crippen LogP contribution in [0.5, 0.6) is 5.75 Å². The fraction of sp³-hybridized carbons (Fsp3) is 0.348. The van der Waals surface area contributed by atoms with Crippen molar-refractivity contribution in [3.63, 3.8) is 0 Å². The summed E-state index contributed by atoms with van der Waals surface area (Å²) >= 11 is 7.51. The number of anilines is 1. The fourth-order valence-electron chi connectivity index (χ4n) is 3.26. The third kappa shape index (κ3) is 5.80. The maximum atomic E-state index is 12.6. The van der Waals surface area contributed by atoms with E-state index in [2.05, 4.69) is 41.5 Å². The maximum absolute atomic E-state index is 12.6. The van der Waals surface area contributed by atoms with E-state index in [1.165, 1.54) is 11.8 Å². The third-order valence-electron chi connectivity index (χ3n) is 4.90. The molecular formula is C23H27ClN4O2S. The molecule has 0 radical (unpaired) electrons. The molecule has 3 rings (SSSR count). The molecule has 1 aromatic heterocycles. The van der Waals surface area contributed by atoms with E-state index in [-0.39, 0.29) is 18.3 Å². The second-order valence-electron chi connectivity index (χ2n) is 6.86. The minimum atomic E-state index is -0.0554. The van der Waals surface area contributed by atoms with Crippen LogP contribution < -0.4 is 10.1 Å². The molecule has 8 heteroatoms. The van der Waals surface area contributed by atoms with E-state index in [4.69, 9.17) is 16.3 Å². The molecule has 0 aliphatic heterocycles. The Labute approximate surface area is 192 Å². The molecule has 0 aliphatic rings. The summed E-state index contributed by atoms with van der Waals surface area (Å²) in [4.78, 5) is 12.6. The fourth-order valence-corrected chi connectivity index (χ4v) is 4.27. The predicted molar refractivity (Wildman–Crippen MR) is 126 cm³/mol. The van der Waals surface area contributed by atoms with Crippen molar-refractivity contribution in [2.75, 3.05) is 11.1 Å². The molecule has 1 N–H and O–H groups in total. The first-order valence-electron chi connectivity index (χ1n) is 10.4. The molecule has 31 heavy (non-hydrogen) atoms. The number of benzene rings is 2. The molecule has 3 aromatic rings. The van der Waals surface area contributed by atoms with E-state index >= 15 is 0 Å². The van der Waals surface area contributed by atoms with Gasteiger partial charge in [0.2, 0.25) is 5.91 Å². The Bertz CT molecular complexity index is 1020. The van der Waals surface area contributed by atoms with Gasteiger partial charge < -0.3 is 14.6 Å². The van der Waals surface area contributed by atoms with E-state index in [1.54, 1.807) is 6.07 Å². The van der Waals surface area contributed by atoms with Crippen LogP contribution in [-0.4, -0.2) is 26.4 Å². The summed E-state index contributed by atoms with van der Waals surface area (Å²) in [6.07, 6.45) is 1.74. The summed E-state index contributed by atoms with van der Waals surface area (Å²) in [5.74, 6) is 1.49. The van der Waals surface area contributed by atoms with E-state index in [1.807, 2.05) is 35.8 Å². The average molecular weight is 459 g/mol. The van der Waals surface area contributed by atoms with Gasteiger partial charge in [-0.1, -0.05) is 67.5 Å². The molecular weight excluding hydrogens is 432 g/mol. The highest BCUT2D eigenvalue weighted by atomic mass is 35.5. The highest BCUT2D eigenvalue weighted by molar-refractivity contribution is 7.99. The van der Waals surface area contributed by atoms with Crippen LogP contribution in [0.1, 0.15) is 37.7 Å². The number of carbonyl (C=O) groups excluding carboxylic acids is 1. The van der Waals surface area contributed by atoms with Crippen molar-refractivity contribution < 1.29 is 9.53 Å². The van der Waals surface area contributed by atoms with Gasteiger partial charge in [0.25, 0.3) is 0 Å². The molecule has 2 aromatic carbocycles. The van der Waals surface area contributed by atoms with Crippen molar-refractivity contribution in [2.45, 2.75) is 51.9 Å². The highest BCUT2D eigenvalue weighted by Crippen LogP contribution is 2.26. The van der Waals surface area contributed by atoms with E-state index in [0.717, 1.165) is 29.7 Å². The van der Waals surface area contributed by atoms with Crippen molar-refractivity contribution in [1.82, 2.24) is 14.8 Å². The molecule has 1 amide bonds. The maximum Gasteiger partial charge on any atom is 0.234 e. The normalized spacial score (nSPS) is 10.8. The van der Waals surface area contributed by atoms with Crippen molar-refractivity contribution in [3.05, 3.63) is 64.4 Å². The number of nitrogens with one attached hydrogen (secondary N) is 1. The van der Waals surface area contributed by atoms with Crippen LogP contribution in [0.3, 0.4) is 0 Å². The number of aromatic nitrogens is 3. The standard InChI is InChI=1S/C23H27ClN4O2S/c1-4-16-10-9-11-17(5-2)22(16)25-21(29)15-31-23-27-26-20(28(23)6-3)14-30-19-13-8-7-12-18(19)24/h7-13H,4-6,14-15H2,1-3H3,(H,25,29). The molecule has 0 aliphatic carbocycles. The second kappa shape index (κ2) is 11.2. The minimum Gasteiger partial charge on any atom is -0.484 e. The van der Waals surface area contributed by atoms with Crippen LogP contribution in [0.2, 0.25) is 5.02 Å². The van der Waals surface area contributed by atoms with Crippen LogP contribution in [-0.2, 0) is 30.8 Å². The SMILES string of the molecule is CCc1cccc(CC)c1NC(=O)CSc1nnc(COc2ccccc2Cl)n1CC.